The second-order valence-corrected chi connectivity index (χ2v) is 5.97. The summed E-state index contributed by atoms with van der Waals surface area (Å²) >= 11 is 5.75. The minimum absolute atomic E-state index is 0.238. The van der Waals surface area contributed by atoms with Crippen LogP contribution in [0.15, 0.2) is 29.3 Å². The summed E-state index contributed by atoms with van der Waals surface area (Å²) in [6.07, 6.45) is 0. The van der Waals surface area contributed by atoms with Crippen molar-refractivity contribution < 1.29 is 14.3 Å². The molecule has 25 heavy (non-hydrogen) atoms. The number of esters is 1. The van der Waals surface area contributed by atoms with E-state index in [1.54, 1.807) is 64.0 Å². The van der Waals surface area contributed by atoms with Crippen molar-refractivity contribution in [1.29, 1.82) is 5.41 Å². The molecule has 140 valence electrons. The number of nitrogens with one attached hydrogen (secondary N) is 1. The van der Waals surface area contributed by atoms with E-state index in [4.69, 9.17) is 38.0 Å². The first-order valence-corrected chi connectivity index (χ1v) is 7.84. The molecule has 8 nitrogen and oxygen atoms in total. The number of carbonyl (C=O) groups is 1. The van der Waals surface area contributed by atoms with Gasteiger partial charge in [0.05, 0.1) is 6.61 Å². The molecule has 0 aliphatic heterocycles. The van der Waals surface area contributed by atoms with Gasteiger partial charge in [0.15, 0.2) is 11.6 Å². The molecule has 0 aliphatic carbocycles. The Bertz CT molecular complexity index is 600. The molecule has 0 bridgehead atoms. The molecule has 1 aromatic rings. The van der Waals surface area contributed by atoms with Crippen LogP contribution in [-0.2, 0) is 9.53 Å². The smallest absolute Gasteiger partial charge is 0.349 e. The Morgan fingerprint density at radius 1 is 1.28 bits per heavy atom. The molecule has 0 fully saturated rings. The average Bonchev–Trinajstić information content (AvgIpc) is 2.49. The van der Waals surface area contributed by atoms with Gasteiger partial charge >= 0.3 is 5.97 Å². The third-order valence-electron chi connectivity index (χ3n) is 2.65. The summed E-state index contributed by atoms with van der Waals surface area (Å²) in [4.78, 5) is 16.6. The number of benzene rings is 1. The number of guanidine groups is 2. The van der Waals surface area contributed by atoms with Crippen molar-refractivity contribution in [2.24, 2.45) is 16.5 Å². The highest BCUT2D eigenvalue weighted by Gasteiger charge is 2.31. The zero-order valence-electron chi connectivity index (χ0n) is 15.2. The number of halogens is 1. The van der Waals surface area contributed by atoms with E-state index in [2.05, 4.69) is 4.99 Å². The average molecular weight is 372 g/mol. The van der Waals surface area contributed by atoms with Gasteiger partial charge in [0.1, 0.15) is 5.75 Å². The van der Waals surface area contributed by atoms with Crippen LogP contribution < -0.4 is 16.2 Å². The molecule has 0 spiro atoms. The molecule has 1 aromatic carbocycles. The Labute approximate surface area is 153 Å². The zero-order chi connectivity index (χ0) is 19.6. The van der Waals surface area contributed by atoms with Gasteiger partial charge in [-0.3, -0.25) is 5.41 Å². The van der Waals surface area contributed by atoms with Crippen LogP contribution in [0.2, 0.25) is 5.02 Å². The molecular weight excluding hydrogens is 346 g/mol. The van der Waals surface area contributed by atoms with Crippen molar-refractivity contribution in [2.45, 2.75) is 26.4 Å². The first-order chi connectivity index (χ1) is 11.5. The minimum atomic E-state index is -0.996. The van der Waals surface area contributed by atoms with E-state index in [-0.39, 0.29) is 17.9 Å². The monoisotopic (exact) mass is 371 g/mol. The van der Waals surface area contributed by atoms with Gasteiger partial charge in [-0.1, -0.05) is 11.6 Å². The van der Waals surface area contributed by atoms with Gasteiger partial charge in [-0.05, 0) is 45.0 Å². The summed E-state index contributed by atoms with van der Waals surface area (Å²) in [5.41, 5.74) is 9.20. The van der Waals surface area contributed by atoms with Crippen LogP contribution in [0.5, 0.6) is 5.75 Å². The SMILES string of the molecule is CCOC(=O)C(C)(C)Oc1ccc(Cl)cc1.CN(C)C(N)=NC(=N)N. The summed E-state index contributed by atoms with van der Waals surface area (Å²) in [5, 5.41) is 7.33. The standard InChI is InChI=1S/C12H15ClO3.C4H11N5/c1-4-15-11(14)12(2,3)16-10-7-5-9(13)6-8-10;1-9(2)4(7)8-3(5)6/h5-8H,4H2,1-3H3;1-2H3,(H5,5,6,7,8). The van der Waals surface area contributed by atoms with E-state index in [0.717, 1.165) is 0 Å². The van der Waals surface area contributed by atoms with Gasteiger partial charge in [-0.25, -0.2) is 4.79 Å². The quantitative estimate of drug-likeness (QED) is 0.421. The van der Waals surface area contributed by atoms with E-state index in [0.29, 0.717) is 17.4 Å². The zero-order valence-corrected chi connectivity index (χ0v) is 15.9. The van der Waals surface area contributed by atoms with Gasteiger partial charge in [0, 0.05) is 19.1 Å². The Morgan fingerprint density at radius 2 is 1.80 bits per heavy atom. The lowest BCUT2D eigenvalue weighted by Crippen LogP contribution is -2.39. The van der Waals surface area contributed by atoms with Gasteiger partial charge < -0.3 is 25.8 Å². The number of rotatable bonds is 4. The largest absolute Gasteiger partial charge is 0.476 e. The highest BCUT2D eigenvalue weighted by molar-refractivity contribution is 6.30. The summed E-state index contributed by atoms with van der Waals surface area (Å²) in [5.74, 6) is 0.163. The second-order valence-electron chi connectivity index (χ2n) is 5.54. The normalized spacial score (nSPS) is 11.0. The van der Waals surface area contributed by atoms with Crippen molar-refractivity contribution in [3.8, 4) is 5.75 Å². The molecule has 0 amide bonds. The van der Waals surface area contributed by atoms with Crippen molar-refractivity contribution in [2.75, 3.05) is 20.7 Å². The van der Waals surface area contributed by atoms with E-state index in [1.807, 2.05) is 0 Å². The van der Waals surface area contributed by atoms with E-state index in [9.17, 15) is 4.79 Å². The van der Waals surface area contributed by atoms with E-state index < -0.39 is 5.60 Å². The Kier molecular flexibility index (Phi) is 9.37. The first kappa shape index (κ1) is 22.5. The predicted octanol–water partition coefficient (Wildman–Crippen LogP) is 1.82. The number of nitrogens with two attached hydrogens (primary N) is 2. The summed E-state index contributed by atoms with van der Waals surface area (Å²) in [6.45, 7) is 5.43. The van der Waals surface area contributed by atoms with Crippen molar-refractivity contribution in [1.82, 2.24) is 4.90 Å². The third kappa shape index (κ3) is 9.41. The van der Waals surface area contributed by atoms with E-state index in [1.165, 1.54) is 0 Å². The topological polar surface area (TPSA) is 127 Å². The molecule has 1 rings (SSSR count). The van der Waals surface area contributed by atoms with Crippen molar-refractivity contribution in [3.63, 3.8) is 0 Å². The number of carbonyl (C=O) groups excluding carboxylic acids is 1. The Balaban J connectivity index is 0.000000547. The lowest BCUT2D eigenvalue weighted by molar-refractivity contribution is -0.158. The van der Waals surface area contributed by atoms with Gasteiger partial charge in [0.25, 0.3) is 0 Å². The number of hydrogen-bond donors (Lipinski definition) is 3. The highest BCUT2D eigenvalue weighted by atomic mass is 35.5. The maximum absolute atomic E-state index is 11.6. The molecular formula is C16H26ClN5O3. The summed E-state index contributed by atoms with van der Waals surface area (Å²) in [7, 11) is 3.45. The third-order valence-corrected chi connectivity index (χ3v) is 2.90. The van der Waals surface area contributed by atoms with E-state index >= 15 is 0 Å². The molecule has 0 unspecified atom stereocenters. The molecule has 0 atom stereocenters. The summed E-state index contributed by atoms with van der Waals surface area (Å²) in [6, 6.07) is 6.84. The number of hydrogen-bond acceptors (Lipinski definition) is 4. The molecule has 0 saturated heterocycles. The van der Waals surface area contributed by atoms with Crippen LogP contribution in [0.3, 0.4) is 0 Å². The fourth-order valence-electron chi connectivity index (χ4n) is 1.37. The fourth-order valence-corrected chi connectivity index (χ4v) is 1.49. The molecule has 9 heteroatoms. The molecule has 0 saturated carbocycles. The number of nitrogens with zero attached hydrogens (tertiary/aromatic N) is 2. The lowest BCUT2D eigenvalue weighted by Gasteiger charge is -2.23. The van der Waals surface area contributed by atoms with Crippen LogP contribution in [-0.4, -0.2) is 49.1 Å². The molecule has 0 aliphatic rings. The van der Waals surface area contributed by atoms with Crippen LogP contribution in [0.25, 0.3) is 0 Å². The lowest BCUT2D eigenvalue weighted by atomic mass is 10.1. The van der Waals surface area contributed by atoms with Crippen LogP contribution in [0.4, 0.5) is 0 Å². The van der Waals surface area contributed by atoms with Gasteiger partial charge in [0.2, 0.25) is 5.96 Å². The summed E-state index contributed by atoms with van der Waals surface area (Å²) < 4.78 is 10.5. The van der Waals surface area contributed by atoms with Gasteiger partial charge in [-0.15, -0.1) is 0 Å². The van der Waals surface area contributed by atoms with Crippen LogP contribution >= 0.6 is 11.6 Å². The first-order valence-electron chi connectivity index (χ1n) is 7.47. The maximum atomic E-state index is 11.6. The highest BCUT2D eigenvalue weighted by Crippen LogP contribution is 2.21. The molecule has 0 heterocycles. The van der Waals surface area contributed by atoms with Crippen LogP contribution in [0.1, 0.15) is 20.8 Å². The van der Waals surface area contributed by atoms with Crippen molar-refractivity contribution >= 4 is 29.5 Å². The Morgan fingerprint density at radius 3 is 2.16 bits per heavy atom. The van der Waals surface area contributed by atoms with Crippen molar-refractivity contribution in [3.05, 3.63) is 29.3 Å². The molecule has 0 radical (unpaired) electrons. The minimum Gasteiger partial charge on any atom is -0.476 e. The van der Waals surface area contributed by atoms with Gasteiger partial charge in [-0.2, -0.15) is 4.99 Å². The Hall–Kier alpha value is -2.48. The number of ether oxygens (including phenoxy) is 2. The molecule has 5 N–H and O–H groups in total. The number of aliphatic imine (C=N–C) groups is 1. The molecule has 0 aromatic heterocycles. The van der Waals surface area contributed by atoms with Crippen LogP contribution in [0, 0.1) is 5.41 Å². The maximum Gasteiger partial charge on any atom is 0.349 e. The fraction of sp³-hybridized carbons (Fsp3) is 0.438. The predicted molar refractivity (Wildman–Crippen MR) is 100 cm³/mol. The second kappa shape index (κ2) is 10.4.